The fourth-order valence-electron chi connectivity index (χ4n) is 2.07. The molecule has 1 aromatic rings. The Labute approximate surface area is 120 Å². The first kappa shape index (κ1) is 16.5. The third-order valence-electron chi connectivity index (χ3n) is 3.29. The molecular weight excluding hydrogens is 255 g/mol. The van der Waals surface area contributed by atoms with E-state index in [-0.39, 0.29) is 11.6 Å². The normalized spacial score (nSPS) is 10.5. The molecular formula is C16H25FN2O. The van der Waals surface area contributed by atoms with Crippen LogP contribution in [0.3, 0.4) is 0 Å². The first-order valence-electron chi connectivity index (χ1n) is 7.48. The molecule has 0 unspecified atom stereocenters. The first-order chi connectivity index (χ1) is 9.63. The maximum atomic E-state index is 13.2. The van der Waals surface area contributed by atoms with Crippen LogP contribution in [-0.4, -0.2) is 5.91 Å². The highest BCUT2D eigenvalue weighted by molar-refractivity contribution is 5.90. The van der Waals surface area contributed by atoms with Crippen LogP contribution < -0.4 is 11.1 Å². The Morgan fingerprint density at radius 3 is 2.45 bits per heavy atom. The zero-order valence-electron chi connectivity index (χ0n) is 12.3. The van der Waals surface area contributed by atoms with Gasteiger partial charge >= 0.3 is 0 Å². The minimum absolute atomic E-state index is 0.0669. The van der Waals surface area contributed by atoms with E-state index in [4.69, 9.17) is 5.73 Å². The second-order valence-corrected chi connectivity index (χ2v) is 5.16. The van der Waals surface area contributed by atoms with Crippen molar-refractivity contribution in [1.29, 1.82) is 0 Å². The summed E-state index contributed by atoms with van der Waals surface area (Å²) in [6.07, 6.45) is 8.71. The number of carbonyl (C=O) groups is 1. The van der Waals surface area contributed by atoms with Gasteiger partial charge in [0, 0.05) is 12.1 Å². The van der Waals surface area contributed by atoms with Crippen LogP contribution in [0.15, 0.2) is 18.2 Å². The molecule has 0 aliphatic rings. The van der Waals surface area contributed by atoms with E-state index in [1.54, 1.807) is 6.07 Å². The van der Waals surface area contributed by atoms with E-state index in [2.05, 4.69) is 12.2 Å². The number of hydrogen-bond acceptors (Lipinski definition) is 2. The number of halogens is 1. The molecule has 0 heterocycles. The second-order valence-electron chi connectivity index (χ2n) is 5.16. The topological polar surface area (TPSA) is 55.1 Å². The molecule has 0 spiro atoms. The lowest BCUT2D eigenvalue weighted by Crippen LogP contribution is -2.11. The SMILES string of the molecule is CCCCCCCCCC(=O)Nc1ccc(N)c(F)c1. The molecule has 0 radical (unpaired) electrons. The predicted molar refractivity (Wildman–Crippen MR) is 82.1 cm³/mol. The number of nitrogens with two attached hydrogens (primary N) is 1. The van der Waals surface area contributed by atoms with Gasteiger partial charge in [-0.15, -0.1) is 0 Å². The highest BCUT2D eigenvalue weighted by atomic mass is 19.1. The van der Waals surface area contributed by atoms with Gasteiger partial charge < -0.3 is 11.1 Å². The number of unbranched alkanes of at least 4 members (excludes halogenated alkanes) is 6. The van der Waals surface area contributed by atoms with Crippen molar-refractivity contribution in [3.05, 3.63) is 24.0 Å². The van der Waals surface area contributed by atoms with Crippen LogP contribution >= 0.6 is 0 Å². The van der Waals surface area contributed by atoms with Gasteiger partial charge in [-0.05, 0) is 24.6 Å². The Bertz CT molecular complexity index is 421. The maximum absolute atomic E-state index is 13.2. The molecule has 3 N–H and O–H groups in total. The molecule has 1 aromatic carbocycles. The van der Waals surface area contributed by atoms with Gasteiger partial charge in [0.05, 0.1) is 5.69 Å². The summed E-state index contributed by atoms with van der Waals surface area (Å²) < 4.78 is 13.2. The van der Waals surface area contributed by atoms with Gasteiger partial charge in [-0.2, -0.15) is 0 Å². The predicted octanol–water partition coefficient (Wildman–Crippen LogP) is 4.49. The van der Waals surface area contributed by atoms with Gasteiger partial charge in [-0.3, -0.25) is 4.79 Å². The first-order valence-corrected chi connectivity index (χ1v) is 7.48. The van der Waals surface area contributed by atoms with Crippen LogP contribution in [0, 0.1) is 5.82 Å². The third kappa shape index (κ3) is 6.55. The number of benzene rings is 1. The Hall–Kier alpha value is -1.58. The van der Waals surface area contributed by atoms with Gasteiger partial charge in [0.2, 0.25) is 5.91 Å². The van der Waals surface area contributed by atoms with Gasteiger partial charge in [0.25, 0.3) is 0 Å². The van der Waals surface area contributed by atoms with Gasteiger partial charge in [0.15, 0.2) is 0 Å². The summed E-state index contributed by atoms with van der Waals surface area (Å²) in [5, 5.41) is 2.69. The van der Waals surface area contributed by atoms with Crippen molar-refractivity contribution in [2.45, 2.75) is 58.3 Å². The average Bonchev–Trinajstić information content (AvgIpc) is 2.42. The molecule has 20 heavy (non-hydrogen) atoms. The fraction of sp³-hybridized carbons (Fsp3) is 0.562. The highest BCUT2D eigenvalue weighted by Crippen LogP contribution is 2.16. The molecule has 0 fully saturated rings. The molecule has 0 saturated heterocycles. The van der Waals surface area contributed by atoms with Crippen molar-refractivity contribution >= 4 is 17.3 Å². The average molecular weight is 280 g/mol. The molecule has 1 rings (SSSR count). The lowest BCUT2D eigenvalue weighted by molar-refractivity contribution is -0.116. The van der Waals surface area contributed by atoms with Crippen molar-refractivity contribution in [3.8, 4) is 0 Å². The van der Waals surface area contributed by atoms with E-state index in [0.717, 1.165) is 12.8 Å². The minimum atomic E-state index is -0.501. The van der Waals surface area contributed by atoms with Crippen LogP contribution in [0.2, 0.25) is 0 Å². The van der Waals surface area contributed by atoms with Crippen molar-refractivity contribution in [3.63, 3.8) is 0 Å². The zero-order valence-corrected chi connectivity index (χ0v) is 12.3. The smallest absolute Gasteiger partial charge is 0.224 e. The monoisotopic (exact) mass is 280 g/mol. The van der Waals surface area contributed by atoms with Crippen molar-refractivity contribution < 1.29 is 9.18 Å². The molecule has 4 heteroatoms. The Kier molecular flexibility index (Phi) is 7.70. The summed E-state index contributed by atoms with van der Waals surface area (Å²) >= 11 is 0. The molecule has 0 aromatic heterocycles. The summed E-state index contributed by atoms with van der Waals surface area (Å²) in [4.78, 5) is 11.7. The van der Waals surface area contributed by atoms with Gasteiger partial charge in [-0.1, -0.05) is 45.4 Å². The molecule has 0 saturated carbocycles. The minimum Gasteiger partial charge on any atom is -0.396 e. The number of carbonyl (C=O) groups excluding carboxylic acids is 1. The highest BCUT2D eigenvalue weighted by Gasteiger charge is 2.04. The van der Waals surface area contributed by atoms with Gasteiger partial charge in [0.1, 0.15) is 5.82 Å². The summed E-state index contributed by atoms with van der Waals surface area (Å²) in [5.74, 6) is -0.568. The molecule has 112 valence electrons. The fourth-order valence-corrected chi connectivity index (χ4v) is 2.07. The quantitative estimate of drug-likeness (QED) is 0.517. The number of nitrogens with one attached hydrogen (secondary N) is 1. The van der Waals surface area contributed by atoms with E-state index in [9.17, 15) is 9.18 Å². The van der Waals surface area contributed by atoms with Crippen LogP contribution in [0.5, 0.6) is 0 Å². The molecule has 0 bridgehead atoms. The Morgan fingerprint density at radius 1 is 1.15 bits per heavy atom. The van der Waals surface area contributed by atoms with Crippen LogP contribution in [0.25, 0.3) is 0 Å². The van der Waals surface area contributed by atoms with Gasteiger partial charge in [-0.25, -0.2) is 4.39 Å². The standard InChI is InChI=1S/C16H25FN2O/c1-2-3-4-5-6-7-8-9-16(20)19-13-10-11-15(18)14(17)12-13/h10-12H,2-9,18H2,1H3,(H,19,20). The number of hydrogen-bond donors (Lipinski definition) is 2. The molecule has 0 atom stereocenters. The number of nitrogen functional groups attached to an aromatic ring is 1. The van der Waals surface area contributed by atoms with E-state index in [1.807, 2.05) is 0 Å². The lowest BCUT2D eigenvalue weighted by atomic mass is 10.1. The summed E-state index contributed by atoms with van der Waals surface area (Å²) in [6.45, 7) is 2.20. The Morgan fingerprint density at radius 2 is 1.80 bits per heavy atom. The zero-order chi connectivity index (χ0) is 14.8. The van der Waals surface area contributed by atoms with Crippen LogP contribution in [0.4, 0.5) is 15.8 Å². The molecule has 0 aliphatic carbocycles. The maximum Gasteiger partial charge on any atom is 0.224 e. The lowest BCUT2D eigenvalue weighted by Gasteiger charge is -2.06. The second kappa shape index (κ2) is 9.34. The molecule has 1 amide bonds. The number of anilines is 2. The largest absolute Gasteiger partial charge is 0.396 e. The van der Waals surface area contributed by atoms with E-state index >= 15 is 0 Å². The number of rotatable bonds is 9. The summed E-state index contributed by atoms with van der Waals surface area (Å²) in [5.41, 5.74) is 5.94. The summed E-state index contributed by atoms with van der Waals surface area (Å²) in [6, 6.07) is 4.32. The van der Waals surface area contributed by atoms with Crippen LogP contribution in [-0.2, 0) is 4.79 Å². The van der Waals surface area contributed by atoms with E-state index < -0.39 is 5.82 Å². The molecule has 3 nitrogen and oxygen atoms in total. The molecule has 0 aliphatic heterocycles. The van der Waals surface area contributed by atoms with E-state index in [1.165, 1.54) is 44.2 Å². The third-order valence-corrected chi connectivity index (χ3v) is 3.29. The van der Waals surface area contributed by atoms with Crippen molar-refractivity contribution in [2.75, 3.05) is 11.1 Å². The number of amides is 1. The summed E-state index contributed by atoms with van der Waals surface area (Å²) in [7, 11) is 0. The Balaban J connectivity index is 2.15. The van der Waals surface area contributed by atoms with Crippen molar-refractivity contribution in [2.24, 2.45) is 0 Å². The van der Waals surface area contributed by atoms with E-state index in [0.29, 0.717) is 12.1 Å². The van der Waals surface area contributed by atoms with Crippen molar-refractivity contribution in [1.82, 2.24) is 0 Å². The van der Waals surface area contributed by atoms with Crippen LogP contribution in [0.1, 0.15) is 58.3 Å².